The third-order valence-corrected chi connectivity index (χ3v) is 1.76. The summed E-state index contributed by atoms with van der Waals surface area (Å²) >= 11 is 0. The van der Waals surface area contributed by atoms with E-state index in [1.807, 2.05) is 6.92 Å². The van der Waals surface area contributed by atoms with E-state index >= 15 is 0 Å². The van der Waals surface area contributed by atoms with E-state index in [1.54, 1.807) is 6.92 Å². The SMILES string of the molecule is CCNC(=O)NC1=CC(=O)C(C)=NC1. The normalized spacial score (nSPS) is 15.7. The first-order valence-electron chi connectivity index (χ1n) is 4.44. The van der Waals surface area contributed by atoms with Crippen molar-refractivity contribution in [1.29, 1.82) is 0 Å². The van der Waals surface area contributed by atoms with E-state index in [-0.39, 0.29) is 11.8 Å². The van der Waals surface area contributed by atoms with Crippen molar-refractivity contribution < 1.29 is 9.59 Å². The van der Waals surface area contributed by atoms with Gasteiger partial charge in [0.25, 0.3) is 0 Å². The highest BCUT2D eigenvalue weighted by Gasteiger charge is 2.12. The molecule has 0 aromatic rings. The lowest BCUT2D eigenvalue weighted by Crippen LogP contribution is -2.36. The number of hydrogen-bond donors (Lipinski definition) is 2. The molecule has 0 spiro atoms. The van der Waals surface area contributed by atoms with Crippen LogP contribution in [0.2, 0.25) is 0 Å². The molecule has 0 fully saturated rings. The highest BCUT2D eigenvalue weighted by Crippen LogP contribution is 2.00. The van der Waals surface area contributed by atoms with Gasteiger partial charge < -0.3 is 10.6 Å². The number of allylic oxidation sites excluding steroid dienone is 1. The van der Waals surface area contributed by atoms with Crippen LogP contribution in [0, 0.1) is 0 Å². The largest absolute Gasteiger partial charge is 0.338 e. The maximum absolute atomic E-state index is 11.2. The van der Waals surface area contributed by atoms with Crippen molar-refractivity contribution in [2.75, 3.05) is 13.1 Å². The number of carbonyl (C=O) groups excluding carboxylic acids is 2. The first-order valence-corrected chi connectivity index (χ1v) is 4.44. The number of rotatable bonds is 2. The van der Waals surface area contributed by atoms with Crippen LogP contribution in [0.4, 0.5) is 4.79 Å². The van der Waals surface area contributed by atoms with Crippen molar-refractivity contribution >= 4 is 17.5 Å². The van der Waals surface area contributed by atoms with Gasteiger partial charge in [0.05, 0.1) is 12.3 Å². The van der Waals surface area contributed by atoms with E-state index < -0.39 is 0 Å². The summed E-state index contributed by atoms with van der Waals surface area (Å²) in [5, 5.41) is 5.12. The lowest BCUT2D eigenvalue weighted by atomic mass is 10.2. The Kier molecular flexibility index (Phi) is 3.39. The number of dihydropyridines is 1. The van der Waals surface area contributed by atoms with Gasteiger partial charge in [-0.1, -0.05) is 0 Å². The number of amides is 2. The van der Waals surface area contributed by atoms with Crippen LogP contribution < -0.4 is 10.6 Å². The molecule has 0 aromatic carbocycles. The van der Waals surface area contributed by atoms with Gasteiger partial charge in [-0.3, -0.25) is 9.79 Å². The van der Waals surface area contributed by atoms with Crippen LogP contribution in [-0.4, -0.2) is 30.6 Å². The Morgan fingerprint density at radius 1 is 1.64 bits per heavy atom. The van der Waals surface area contributed by atoms with Crippen LogP contribution in [0.25, 0.3) is 0 Å². The topological polar surface area (TPSA) is 70.6 Å². The second kappa shape index (κ2) is 4.55. The molecule has 0 aromatic heterocycles. The monoisotopic (exact) mass is 195 g/mol. The van der Waals surface area contributed by atoms with Crippen LogP contribution in [0.1, 0.15) is 13.8 Å². The van der Waals surface area contributed by atoms with Crippen molar-refractivity contribution in [2.45, 2.75) is 13.8 Å². The molecule has 0 saturated heterocycles. The fourth-order valence-corrected chi connectivity index (χ4v) is 1.02. The van der Waals surface area contributed by atoms with Crippen LogP contribution in [-0.2, 0) is 4.79 Å². The molecule has 0 bridgehead atoms. The second-order valence-corrected chi connectivity index (χ2v) is 2.92. The number of urea groups is 1. The van der Waals surface area contributed by atoms with Gasteiger partial charge in [0, 0.05) is 18.3 Å². The third-order valence-electron chi connectivity index (χ3n) is 1.76. The second-order valence-electron chi connectivity index (χ2n) is 2.92. The molecular formula is C9H13N3O2. The number of aliphatic imine (C=N–C) groups is 1. The number of nitrogens with one attached hydrogen (secondary N) is 2. The molecule has 0 saturated carbocycles. The Morgan fingerprint density at radius 3 is 2.93 bits per heavy atom. The zero-order valence-electron chi connectivity index (χ0n) is 8.26. The predicted molar refractivity (Wildman–Crippen MR) is 53.3 cm³/mol. The molecule has 14 heavy (non-hydrogen) atoms. The molecule has 1 aliphatic rings. The molecule has 2 N–H and O–H groups in total. The molecule has 1 heterocycles. The van der Waals surface area contributed by atoms with Gasteiger partial charge in [-0.15, -0.1) is 0 Å². The summed E-state index contributed by atoms with van der Waals surface area (Å²) in [7, 11) is 0. The summed E-state index contributed by atoms with van der Waals surface area (Å²) in [5.74, 6) is -0.150. The molecule has 76 valence electrons. The maximum Gasteiger partial charge on any atom is 0.319 e. The molecule has 0 radical (unpaired) electrons. The minimum atomic E-state index is -0.304. The van der Waals surface area contributed by atoms with E-state index in [0.29, 0.717) is 24.5 Å². The Morgan fingerprint density at radius 2 is 2.36 bits per heavy atom. The maximum atomic E-state index is 11.2. The van der Waals surface area contributed by atoms with Crippen molar-refractivity contribution in [1.82, 2.24) is 10.6 Å². The minimum Gasteiger partial charge on any atom is -0.338 e. The van der Waals surface area contributed by atoms with Crippen LogP contribution >= 0.6 is 0 Å². The number of ketones is 1. The summed E-state index contributed by atoms with van der Waals surface area (Å²) in [6, 6.07) is -0.304. The van der Waals surface area contributed by atoms with E-state index in [4.69, 9.17) is 0 Å². The van der Waals surface area contributed by atoms with Gasteiger partial charge in [-0.05, 0) is 13.8 Å². The van der Waals surface area contributed by atoms with Crippen LogP contribution in [0.3, 0.4) is 0 Å². The van der Waals surface area contributed by atoms with E-state index in [9.17, 15) is 9.59 Å². The number of hydrogen-bond acceptors (Lipinski definition) is 3. The highest BCUT2D eigenvalue weighted by atomic mass is 16.2. The number of nitrogens with zero attached hydrogens (tertiary/aromatic N) is 1. The molecule has 5 heteroatoms. The number of carbonyl (C=O) groups is 2. The smallest absolute Gasteiger partial charge is 0.319 e. The quantitative estimate of drug-likeness (QED) is 0.662. The fraction of sp³-hybridized carbons (Fsp3) is 0.444. The van der Waals surface area contributed by atoms with E-state index in [0.717, 1.165) is 0 Å². The van der Waals surface area contributed by atoms with Crippen molar-refractivity contribution in [3.63, 3.8) is 0 Å². The average molecular weight is 195 g/mol. The van der Waals surface area contributed by atoms with Crippen molar-refractivity contribution in [3.05, 3.63) is 11.8 Å². The molecule has 0 atom stereocenters. The first kappa shape index (κ1) is 10.4. The van der Waals surface area contributed by atoms with E-state index in [2.05, 4.69) is 15.6 Å². The molecule has 5 nitrogen and oxygen atoms in total. The molecule has 0 aliphatic carbocycles. The lowest BCUT2D eigenvalue weighted by Gasteiger charge is -2.11. The minimum absolute atomic E-state index is 0.150. The Labute approximate surface area is 82.3 Å². The molecule has 2 amide bonds. The van der Waals surface area contributed by atoms with Crippen LogP contribution in [0.5, 0.6) is 0 Å². The summed E-state index contributed by atoms with van der Waals surface area (Å²) in [6.45, 7) is 4.38. The molecule has 0 unspecified atom stereocenters. The van der Waals surface area contributed by atoms with Gasteiger partial charge in [-0.2, -0.15) is 0 Å². The first-order chi connectivity index (χ1) is 6.63. The molecule has 1 rings (SSSR count). The van der Waals surface area contributed by atoms with Gasteiger partial charge in [0.1, 0.15) is 0 Å². The molecule has 1 aliphatic heterocycles. The fourth-order valence-electron chi connectivity index (χ4n) is 1.02. The lowest BCUT2D eigenvalue weighted by molar-refractivity contribution is -0.109. The van der Waals surface area contributed by atoms with E-state index in [1.165, 1.54) is 6.08 Å². The van der Waals surface area contributed by atoms with Crippen molar-refractivity contribution in [2.24, 2.45) is 4.99 Å². The summed E-state index contributed by atoms with van der Waals surface area (Å²) in [4.78, 5) is 26.2. The Balaban J connectivity index is 2.52. The summed E-state index contributed by atoms with van der Waals surface area (Å²) in [5.41, 5.74) is 1.01. The average Bonchev–Trinajstić information content (AvgIpc) is 2.12. The third kappa shape index (κ3) is 2.69. The zero-order valence-corrected chi connectivity index (χ0v) is 8.26. The van der Waals surface area contributed by atoms with Gasteiger partial charge in [0.2, 0.25) is 5.78 Å². The van der Waals surface area contributed by atoms with Crippen LogP contribution in [0.15, 0.2) is 16.8 Å². The predicted octanol–water partition coefficient (Wildman–Crippen LogP) is 0.233. The van der Waals surface area contributed by atoms with Gasteiger partial charge >= 0.3 is 6.03 Å². The summed E-state index contributed by atoms with van der Waals surface area (Å²) < 4.78 is 0. The Bertz CT molecular complexity index is 318. The highest BCUT2D eigenvalue weighted by molar-refractivity contribution is 6.43. The van der Waals surface area contributed by atoms with Crippen molar-refractivity contribution in [3.8, 4) is 0 Å². The molecular weight excluding hydrogens is 182 g/mol. The Hall–Kier alpha value is -1.65. The van der Waals surface area contributed by atoms with Gasteiger partial charge in [0.15, 0.2) is 0 Å². The van der Waals surface area contributed by atoms with Gasteiger partial charge in [-0.25, -0.2) is 4.79 Å². The zero-order chi connectivity index (χ0) is 10.6. The summed E-state index contributed by atoms with van der Waals surface area (Å²) in [6.07, 6.45) is 1.40. The standard InChI is InChI=1S/C9H13N3O2/c1-3-10-9(14)12-7-4-8(13)6(2)11-5-7/h4H,3,5H2,1-2H3,(H2,10,12,14).